The van der Waals surface area contributed by atoms with E-state index in [4.69, 9.17) is 0 Å². The van der Waals surface area contributed by atoms with Crippen molar-refractivity contribution in [3.63, 3.8) is 0 Å². The second-order valence-corrected chi connectivity index (χ2v) is 8.24. The molecule has 0 fully saturated rings. The summed E-state index contributed by atoms with van der Waals surface area (Å²) >= 11 is 4.45. The summed E-state index contributed by atoms with van der Waals surface area (Å²) in [5.74, 6) is 11.4. The van der Waals surface area contributed by atoms with Crippen LogP contribution in [-0.4, -0.2) is 5.16 Å². The number of aliphatic imine (C=N–C) groups is 1. The number of benzene rings is 3. The van der Waals surface area contributed by atoms with Gasteiger partial charge in [0.1, 0.15) is 5.69 Å². The molecule has 0 atom stereocenters. The van der Waals surface area contributed by atoms with Gasteiger partial charge in [-0.2, -0.15) is 4.99 Å². The van der Waals surface area contributed by atoms with Crippen LogP contribution in [0.1, 0.15) is 60.4 Å². The van der Waals surface area contributed by atoms with Crippen LogP contribution in [0, 0.1) is 49.2 Å². The maximum absolute atomic E-state index is 14.2. The number of thiocarbonyl (C=S) groups is 1. The molecule has 0 amide bonds. The average molecular weight is 470 g/mol. The molecule has 3 rings (SSSR count). The van der Waals surface area contributed by atoms with Crippen molar-refractivity contribution in [2.24, 2.45) is 4.99 Å². The summed E-state index contributed by atoms with van der Waals surface area (Å²) in [7, 11) is 0. The number of hydrogen-bond donors (Lipinski definition) is 0. The molecule has 34 heavy (non-hydrogen) atoms. The zero-order valence-corrected chi connectivity index (χ0v) is 20.4. The fourth-order valence-corrected chi connectivity index (χ4v) is 3.60. The first-order valence-corrected chi connectivity index (χ1v) is 11.6. The summed E-state index contributed by atoms with van der Waals surface area (Å²) < 4.78 is 28.4. The number of nitrogens with zero attached hydrogens (tertiary/aromatic N) is 1. The largest absolute Gasteiger partial charge is 0.204 e. The summed E-state index contributed by atoms with van der Waals surface area (Å²) in [5.41, 5.74) is 5.47. The van der Waals surface area contributed by atoms with Gasteiger partial charge in [-0.25, -0.2) is 8.78 Å². The molecule has 0 radical (unpaired) electrons. The molecule has 0 bridgehead atoms. The van der Waals surface area contributed by atoms with E-state index in [1.54, 1.807) is 6.07 Å². The van der Waals surface area contributed by atoms with Crippen molar-refractivity contribution < 1.29 is 8.78 Å². The lowest BCUT2D eigenvalue weighted by atomic mass is 9.99. The van der Waals surface area contributed by atoms with Gasteiger partial charge in [-0.1, -0.05) is 55.6 Å². The van der Waals surface area contributed by atoms with Crippen molar-refractivity contribution in [2.75, 3.05) is 0 Å². The molecule has 0 heterocycles. The van der Waals surface area contributed by atoms with Gasteiger partial charge in [-0.05, 0) is 91.1 Å². The SMILES string of the molecule is CCCCCC#Cc1ccc(C#Cc2ccc(-c3cc(F)c(N=C=S)c(F)c3)cc2C)c(C)c1. The molecule has 0 spiro atoms. The number of halogens is 2. The van der Waals surface area contributed by atoms with Gasteiger partial charge in [0.2, 0.25) is 0 Å². The van der Waals surface area contributed by atoms with Crippen molar-refractivity contribution in [2.45, 2.75) is 46.5 Å². The van der Waals surface area contributed by atoms with Crippen LogP contribution < -0.4 is 0 Å². The highest BCUT2D eigenvalue weighted by molar-refractivity contribution is 7.78. The van der Waals surface area contributed by atoms with Crippen molar-refractivity contribution in [3.05, 3.63) is 88.0 Å². The fraction of sp³-hybridized carbons (Fsp3) is 0.233. The Kier molecular flexibility index (Phi) is 8.89. The highest BCUT2D eigenvalue weighted by Gasteiger charge is 2.12. The molecule has 170 valence electrons. The van der Waals surface area contributed by atoms with E-state index in [1.165, 1.54) is 25.0 Å². The van der Waals surface area contributed by atoms with E-state index in [1.807, 2.05) is 43.3 Å². The van der Waals surface area contributed by atoms with Crippen molar-refractivity contribution in [3.8, 4) is 34.8 Å². The highest BCUT2D eigenvalue weighted by atomic mass is 32.1. The normalized spacial score (nSPS) is 9.91. The summed E-state index contributed by atoms with van der Waals surface area (Å²) in [4.78, 5) is 3.45. The van der Waals surface area contributed by atoms with Crippen LogP contribution in [0.4, 0.5) is 14.5 Å². The van der Waals surface area contributed by atoms with E-state index in [9.17, 15) is 8.78 Å². The van der Waals surface area contributed by atoms with Crippen molar-refractivity contribution in [1.29, 1.82) is 0 Å². The Balaban J connectivity index is 1.80. The van der Waals surface area contributed by atoms with E-state index >= 15 is 0 Å². The van der Waals surface area contributed by atoms with Crippen molar-refractivity contribution in [1.82, 2.24) is 0 Å². The first-order valence-electron chi connectivity index (χ1n) is 11.2. The topological polar surface area (TPSA) is 12.4 Å². The Morgan fingerprint density at radius 1 is 0.794 bits per heavy atom. The smallest absolute Gasteiger partial charge is 0.153 e. The molecule has 0 aliphatic carbocycles. The molecule has 0 saturated heterocycles. The van der Waals surface area contributed by atoms with Gasteiger partial charge in [-0.3, -0.25) is 0 Å². The molecule has 0 aliphatic heterocycles. The quantitative estimate of drug-likeness (QED) is 0.158. The number of hydrogen-bond acceptors (Lipinski definition) is 2. The third-order valence-corrected chi connectivity index (χ3v) is 5.52. The monoisotopic (exact) mass is 469 g/mol. The third kappa shape index (κ3) is 6.49. The fourth-order valence-electron chi connectivity index (χ4n) is 3.51. The first kappa shape index (κ1) is 25.1. The minimum Gasteiger partial charge on any atom is -0.204 e. The lowest BCUT2D eigenvalue weighted by Crippen LogP contribution is -1.89. The van der Waals surface area contributed by atoms with Gasteiger partial charge in [0.25, 0.3) is 0 Å². The van der Waals surface area contributed by atoms with Crippen LogP contribution in [0.2, 0.25) is 0 Å². The van der Waals surface area contributed by atoms with Gasteiger partial charge in [0, 0.05) is 23.1 Å². The molecule has 3 aromatic rings. The molecule has 0 aliphatic rings. The van der Waals surface area contributed by atoms with Crippen LogP contribution in [0.3, 0.4) is 0 Å². The molecular formula is C30H25F2NS. The summed E-state index contributed by atoms with van der Waals surface area (Å²) in [6, 6.07) is 14.1. The zero-order valence-electron chi connectivity index (χ0n) is 19.6. The predicted octanol–water partition coefficient (Wildman–Crippen LogP) is 8.31. The molecule has 3 aromatic carbocycles. The third-order valence-electron chi connectivity index (χ3n) is 5.43. The average Bonchev–Trinajstić information content (AvgIpc) is 2.81. The second kappa shape index (κ2) is 12.1. The van der Waals surface area contributed by atoms with Gasteiger partial charge in [0.15, 0.2) is 11.6 Å². The molecule has 0 aromatic heterocycles. The van der Waals surface area contributed by atoms with E-state index in [2.05, 4.69) is 53.9 Å². The number of unbranched alkanes of at least 4 members (excludes halogenated alkanes) is 3. The molecule has 0 saturated carbocycles. The van der Waals surface area contributed by atoms with Gasteiger partial charge >= 0.3 is 0 Å². The van der Waals surface area contributed by atoms with Crippen LogP contribution in [-0.2, 0) is 0 Å². The van der Waals surface area contributed by atoms with E-state index < -0.39 is 17.3 Å². The molecule has 4 heteroatoms. The van der Waals surface area contributed by atoms with Gasteiger partial charge in [-0.15, -0.1) is 0 Å². The highest BCUT2D eigenvalue weighted by Crippen LogP contribution is 2.30. The van der Waals surface area contributed by atoms with Crippen molar-refractivity contribution >= 4 is 23.1 Å². The first-order chi connectivity index (χ1) is 16.4. The Bertz CT molecular complexity index is 1350. The van der Waals surface area contributed by atoms with Gasteiger partial charge in [0.05, 0.1) is 5.16 Å². The minimum absolute atomic E-state index is 0.420. The Labute approximate surface area is 206 Å². The van der Waals surface area contributed by atoms with Crippen LogP contribution >= 0.6 is 12.2 Å². The predicted molar refractivity (Wildman–Crippen MR) is 139 cm³/mol. The van der Waals surface area contributed by atoms with E-state index in [0.29, 0.717) is 11.1 Å². The van der Waals surface area contributed by atoms with Gasteiger partial charge < -0.3 is 0 Å². The van der Waals surface area contributed by atoms with E-state index in [-0.39, 0.29) is 0 Å². The van der Waals surface area contributed by atoms with Crippen LogP contribution in [0.5, 0.6) is 0 Å². The zero-order chi connectivity index (χ0) is 24.5. The van der Waals surface area contributed by atoms with Crippen LogP contribution in [0.25, 0.3) is 11.1 Å². The summed E-state index contributed by atoms with van der Waals surface area (Å²) in [6.45, 7) is 6.14. The Morgan fingerprint density at radius 3 is 2.03 bits per heavy atom. The molecular weight excluding hydrogens is 444 g/mol. The number of aryl methyl sites for hydroxylation is 2. The number of rotatable bonds is 5. The number of isothiocyanates is 1. The molecule has 0 unspecified atom stereocenters. The Morgan fingerprint density at radius 2 is 1.44 bits per heavy atom. The lowest BCUT2D eigenvalue weighted by Gasteiger charge is -2.07. The standard InChI is InChI=1S/C30H25F2NS/c1-4-5-6-7-8-9-23-10-11-24(21(2)16-23)12-13-25-14-15-26(17-22(25)3)27-18-28(31)30(33-20-34)29(32)19-27/h10-11,14-19H,4-7H2,1-3H3. The summed E-state index contributed by atoms with van der Waals surface area (Å²) in [6.07, 6.45) is 4.48. The second-order valence-electron chi connectivity index (χ2n) is 8.06. The minimum atomic E-state index is -0.779. The maximum atomic E-state index is 14.2. The lowest BCUT2D eigenvalue weighted by molar-refractivity contribution is 0.588. The van der Waals surface area contributed by atoms with E-state index in [0.717, 1.165) is 40.7 Å². The Hall–Kier alpha value is -3.56. The summed E-state index contributed by atoms with van der Waals surface area (Å²) in [5, 5.41) is 2.00. The molecule has 1 nitrogen and oxygen atoms in total. The van der Waals surface area contributed by atoms with Crippen LogP contribution in [0.15, 0.2) is 53.5 Å². The molecule has 0 N–H and O–H groups in total. The maximum Gasteiger partial charge on any atom is 0.153 e.